The summed E-state index contributed by atoms with van der Waals surface area (Å²) in [6.07, 6.45) is 4.77. The van der Waals surface area contributed by atoms with Crippen LogP contribution >= 0.6 is 0 Å². The van der Waals surface area contributed by atoms with Gasteiger partial charge in [-0.05, 0) is 44.4 Å². The molecule has 6 heteroatoms. The smallest absolute Gasteiger partial charge is 0.239 e. The van der Waals surface area contributed by atoms with Crippen molar-refractivity contribution in [2.45, 2.75) is 52.5 Å². The first-order valence-electron chi connectivity index (χ1n) is 11.0. The van der Waals surface area contributed by atoms with Crippen LogP contribution in [0.5, 0.6) is 0 Å². The van der Waals surface area contributed by atoms with E-state index in [0.717, 1.165) is 65.2 Å². The number of hydrogen-bond acceptors (Lipinski definition) is 4. The Labute approximate surface area is 164 Å². The zero-order chi connectivity index (χ0) is 19.4. The molecule has 0 bridgehead atoms. The monoisotopic (exact) mass is 378 g/mol. The molecule has 3 rings (SSSR count). The third kappa shape index (κ3) is 5.44. The van der Waals surface area contributed by atoms with E-state index in [9.17, 15) is 9.59 Å². The predicted octanol–water partition coefficient (Wildman–Crippen LogP) is 1.51. The van der Waals surface area contributed by atoms with Gasteiger partial charge >= 0.3 is 0 Å². The van der Waals surface area contributed by atoms with Gasteiger partial charge in [-0.25, -0.2) is 0 Å². The molecule has 27 heavy (non-hydrogen) atoms. The van der Waals surface area contributed by atoms with Crippen LogP contribution in [0.4, 0.5) is 0 Å². The van der Waals surface area contributed by atoms with Crippen LogP contribution in [-0.2, 0) is 9.59 Å². The van der Waals surface area contributed by atoms with Gasteiger partial charge < -0.3 is 9.80 Å². The molecule has 0 aliphatic carbocycles. The lowest BCUT2D eigenvalue weighted by Gasteiger charge is -2.41. The van der Waals surface area contributed by atoms with Crippen LogP contribution in [0, 0.1) is 11.8 Å². The molecule has 3 aliphatic rings. The first-order chi connectivity index (χ1) is 12.9. The number of hydrogen-bond donors (Lipinski definition) is 0. The van der Waals surface area contributed by atoms with Crippen molar-refractivity contribution < 1.29 is 9.59 Å². The van der Waals surface area contributed by atoms with E-state index in [1.807, 2.05) is 4.90 Å². The second-order valence-electron chi connectivity index (χ2n) is 9.12. The topological polar surface area (TPSA) is 47.1 Å². The van der Waals surface area contributed by atoms with Gasteiger partial charge in [0.15, 0.2) is 0 Å². The van der Waals surface area contributed by atoms with E-state index in [1.165, 1.54) is 12.8 Å². The van der Waals surface area contributed by atoms with Crippen molar-refractivity contribution in [2.75, 3.05) is 58.9 Å². The van der Waals surface area contributed by atoms with Crippen molar-refractivity contribution in [1.82, 2.24) is 19.6 Å². The minimum Gasteiger partial charge on any atom is -0.342 e. The predicted molar refractivity (Wildman–Crippen MR) is 107 cm³/mol. The van der Waals surface area contributed by atoms with E-state index in [0.29, 0.717) is 18.4 Å². The van der Waals surface area contributed by atoms with Gasteiger partial charge in [-0.2, -0.15) is 0 Å². The largest absolute Gasteiger partial charge is 0.342 e. The van der Waals surface area contributed by atoms with Crippen LogP contribution in [0.25, 0.3) is 0 Å². The van der Waals surface area contributed by atoms with Crippen molar-refractivity contribution in [1.29, 1.82) is 0 Å². The lowest BCUT2D eigenvalue weighted by molar-refractivity contribution is -0.140. The Kier molecular flexibility index (Phi) is 7.15. The van der Waals surface area contributed by atoms with E-state index in [-0.39, 0.29) is 17.9 Å². The van der Waals surface area contributed by atoms with Gasteiger partial charge in [0.25, 0.3) is 0 Å². The van der Waals surface area contributed by atoms with E-state index < -0.39 is 0 Å². The summed E-state index contributed by atoms with van der Waals surface area (Å²) in [5.74, 6) is 1.76. The molecule has 154 valence electrons. The summed E-state index contributed by atoms with van der Waals surface area (Å²) < 4.78 is 0. The Morgan fingerprint density at radius 2 is 1.44 bits per heavy atom. The molecule has 0 aromatic heterocycles. The van der Waals surface area contributed by atoms with Crippen LogP contribution in [0.2, 0.25) is 0 Å². The summed E-state index contributed by atoms with van der Waals surface area (Å²) in [6, 6.07) is -0.0533. The van der Waals surface area contributed by atoms with Crippen LogP contribution in [-0.4, -0.2) is 96.4 Å². The van der Waals surface area contributed by atoms with Crippen molar-refractivity contribution in [3.8, 4) is 0 Å². The maximum Gasteiger partial charge on any atom is 0.239 e. The maximum absolute atomic E-state index is 13.0. The van der Waals surface area contributed by atoms with Crippen LogP contribution in [0.1, 0.15) is 46.5 Å². The number of piperidine rings is 2. The summed E-state index contributed by atoms with van der Waals surface area (Å²) >= 11 is 0. The highest BCUT2D eigenvalue weighted by molar-refractivity contribution is 5.81. The Bertz CT molecular complexity index is 502. The molecular weight excluding hydrogens is 340 g/mol. The van der Waals surface area contributed by atoms with E-state index in [2.05, 4.69) is 35.5 Å². The molecule has 0 N–H and O–H groups in total. The van der Waals surface area contributed by atoms with Crippen LogP contribution < -0.4 is 0 Å². The second kappa shape index (κ2) is 9.37. The van der Waals surface area contributed by atoms with Crippen LogP contribution in [0.3, 0.4) is 0 Å². The van der Waals surface area contributed by atoms with Gasteiger partial charge in [-0.1, -0.05) is 13.8 Å². The third-order valence-corrected chi connectivity index (χ3v) is 6.56. The summed E-state index contributed by atoms with van der Waals surface area (Å²) in [7, 11) is 0. The van der Waals surface area contributed by atoms with Gasteiger partial charge in [0.2, 0.25) is 11.8 Å². The highest BCUT2D eigenvalue weighted by atomic mass is 16.2. The molecule has 3 fully saturated rings. The minimum atomic E-state index is -0.0533. The highest BCUT2D eigenvalue weighted by Crippen LogP contribution is 2.22. The SMILES string of the molecule is CC1CC(C)CN(C(=O)C(C)N2CCN(CC(=O)N3CCCCC3)CC2)C1. The average molecular weight is 379 g/mol. The van der Waals surface area contributed by atoms with Gasteiger partial charge in [0.1, 0.15) is 0 Å². The number of amides is 2. The molecule has 0 radical (unpaired) electrons. The van der Waals surface area contributed by atoms with Crippen molar-refractivity contribution in [3.63, 3.8) is 0 Å². The lowest BCUT2D eigenvalue weighted by Crippen LogP contribution is -2.57. The third-order valence-electron chi connectivity index (χ3n) is 6.56. The normalized spacial score (nSPS) is 29.6. The first kappa shape index (κ1) is 20.6. The minimum absolute atomic E-state index is 0.0533. The van der Waals surface area contributed by atoms with E-state index in [1.54, 1.807) is 0 Å². The number of rotatable bonds is 4. The second-order valence-corrected chi connectivity index (χ2v) is 9.12. The molecular formula is C21H38N4O2. The zero-order valence-corrected chi connectivity index (χ0v) is 17.5. The molecule has 6 nitrogen and oxygen atoms in total. The number of likely N-dealkylation sites (tertiary alicyclic amines) is 2. The van der Waals surface area contributed by atoms with Gasteiger partial charge in [0, 0.05) is 52.4 Å². The van der Waals surface area contributed by atoms with Gasteiger partial charge in [-0.3, -0.25) is 19.4 Å². The van der Waals surface area contributed by atoms with Gasteiger partial charge in [-0.15, -0.1) is 0 Å². The molecule has 3 heterocycles. The van der Waals surface area contributed by atoms with Crippen LogP contribution in [0.15, 0.2) is 0 Å². The fourth-order valence-corrected chi connectivity index (χ4v) is 5.01. The van der Waals surface area contributed by atoms with Crippen molar-refractivity contribution >= 4 is 11.8 Å². The summed E-state index contributed by atoms with van der Waals surface area (Å²) in [6.45, 7) is 14.3. The standard InChI is InChI=1S/C21H38N4O2/c1-17-13-18(2)15-25(14-17)21(27)19(3)23-11-9-22(10-12-23)16-20(26)24-7-5-4-6-8-24/h17-19H,4-16H2,1-3H3. The van der Waals surface area contributed by atoms with E-state index >= 15 is 0 Å². The number of nitrogens with zero attached hydrogens (tertiary/aromatic N) is 4. The number of carbonyl (C=O) groups is 2. The fraction of sp³-hybridized carbons (Fsp3) is 0.905. The highest BCUT2D eigenvalue weighted by Gasteiger charge is 2.32. The molecule has 3 saturated heterocycles. The molecule has 0 aromatic rings. The lowest BCUT2D eigenvalue weighted by atomic mass is 9.91. The quantitative estimate of drug-likeness (QED) is 0.744. The zero-order valence-electron chi connectivity index (χ0n) is 17.5. The molecule has 0 aromatic carbocycles. The molecule has 3 aliphatic heterocycles. The number of piperazine rings is 1. The molecule has 3 unspecified atom stereocenters. The summed E-state index contributed by atoms with van der Waals surface area (Å²) in [4.78, 5) is 34.1. The van der Waals surface area contributed by atoms with Gasteiger partial charge in [0.05, 0.1) is 12.6 Å². The average Bonchev–Trinajstić information content (AvgIpc) is 2.67. The molecule has 2 amide bonds. The van der Waals surface area contributed by atoms with Crippen molar-refractivity contribution in [2.24, 2.45) is 11.8 Å². The molecule has 3 atom stereocenters. The summed E-state index contributed by atoms with van der Waals surface area (Å²) in [5.41, 5.74) is 0. The maximum atomic E-state index is 13.0. The van der Waals surface area contributed by atoms with Crippen molar-refractivity contribution in [3.05, 3.63) is 0 Å². The Hall–Kier alpha value is -1.14. The Morgan fingerprint density at radius 1 is 0.852 bits per heavy atom. The first-order valence-corrected chi connectivity index (χ1v) is 11.0. The van der Waals surface area contributed by atoms with E-state index in [4.69, 9.17) is 0 Å². The number of carbonyl (C=O) groups excluding carboxylic acids is 2. The Morgan fingerprint density at radius 3 is 2.04 bits per heavy atom. The fourth-order valence-electron chi connectivity index (χ4n) is 5.01. The molecule has 0 spiro atoms. The Balaban J connectivity index is 1.44. The summed E-state index contributed by atoms with van der Waals surface area (Å²) in [5, 5.41) is 0. The molecule has 0 saturated carbocycles.